The topological polar surface area (TPSA) is 12.5 Å². The maximum absolute atomic E-state index is 6.40. The van der Waals surface area contributed by atoms with Crippen LogP contribution in [0.15, 0.2) is 12.3 Å². The predicted octanol–water partition coefficient (Wildman–Crippen LogP) is 13.6. The molecule has 2 nitrogen and oxygen atoms in total. The van der Waals surface area contributed by atoms with Gasteiger partial charge in [-0.25, -0.2) is 0 Å². The van der Waals surface area contributed by atoms with E-state index in [9.17, 15) is 0 Å². The van der Waals surface area contributed by atoms with Gasteiger partial charge in [0, 0.05) is 18.8 Å². The third kappa shape index (κ3) is 29.4. The first-order valence-electron chi connectivity index (χ1n) is 19.0. The lowest BCUT2D eigenvalue weighted by Gasteiger charge is -2.31. The highest BCUT2D eigenvalue weighted by Crippen LogP contribution is 2.21. The monoisotopic (exact) mass is 578 g/mol. The maximum Gasteiger partial charge on any atom is 0.0865 e. The lowest BCUT2D eigenvalue weighted by atomic mass is 10.0. The van der Waals surface area contributed by atoms with Gasteiger partial charge in [0.25, 0.3) is 0 Å². The van der Waals surface area contributed by atoms with Gasteiger partial charge in [0.15, 0.2) is 0 Å². The molecule has 0 aromatic heterocycles. The fourth-order valence-corrected chi connectivity index (χ4v) is 5.96. The van der Waals surface area contributed by atoms with Gasteiger partial charge < -0.3 is 9.64 Å². The number of hydrogen-bond acceptors (Lipinski definition) is 2. The number of rotatable bonds is 34. The summed E-state index contributed by atoms with van der Waals surface area (Å²) in [4.78, 5) is 2.58. The average molecular weight is 578 g/mol. The average Bonchev–Trinajstić information content (AvgIpc) is 2.96. The minimum Gasteiger partial charge on any atom is -0.373 e. The molecule has 0 rings (SSSR count). The number of nitrogens with zero attached hydrogens (tertiary/aromatic N) is 1. The van der Waals surface area contributed by atoms with E-state index in [4.69, 9.17) is 4.74 Å². The van der Waals surface area contributed by atoms with Crippen LogP contribution in [-0.2, 0) is 4.74 Å². The van der Waals surface area contributed by atoms with Crippen molar-refractivity contribution < 1.29 is 4.74 Å². The molecule has 0 atom stereocenters. The molecule has 0 aliphatic rings. The minimum absolute atomic E-state index is 0.0459. The van der Waals surface area contributed by atoms with Crippen LogP contribution in [0.5, 0.6) is 0 Å². The molecule has 0 aliphatic heterocycles. The van der Waals surface area contributed by atoms with Gasteiger partial charge in [0.2, 0.25) is 0 Å². The first kappa shape index (κ1) is 40.5. The molecule has 0 unspecified atom stereocenters. The zero-order chi connectivity index (χ0) is 30.3. The second-order valence-electron chi connectivity index (χ2n) is 13.8. The number of hydrogen-bond donors (Lipinski definition) is 0. The summed E-state index contributed by atoms with van der Waals surface area (Å²) in [6.45, 7) is 18.9. The van der Waals surface area contributed by atoms with Crippen LogP contribution < -0.4 is 0 Å². The van der Waals surface area contributed by atoms with Crippen molar-refractivity contribution in [3.8, 4) is 0 Å². The van der Waals surface area contributed by atoms with Gasteiger partial charge in [0.1, 0.15) is 0 Å². The van der Waals surface area contributed by atoms with Crippen LogP contribution in [0.4, 0.5) is 0 Å². The van der Waals surface area contributed by atoms with Crippen LogP contribution in [0, 0.1) is 0 Å². The summed E-state index contributed by atoms with van der Waals surface area (Å²) < 4.78 is 6.40. The molecule has 2 heteroatoms. The van der Waals surface area contributed by atoms with Gasteiger partial charge in [-0.15, -0.1) is 0 Å². The SMILES string of the molecule is C=C(COC(C)(C)CCCCC)N(CCCCCCCCCCCCCC)CCCCCCCCCCCCCC. The molecule has 246 valence electrons. The van der Waals surface area contributed by atoms with E-state index in [1.807, 2.05) is 0 Å². The Kier molecular flexibility index (Phi) is 30.6. The number of unbranched alkanes of at least 4 members (excludes halogenated alkanes) is 24. The van der Waals surface area contributed by atoms with Crippen LogP contribution in [0.2, 0.25) is 0 Å². The lowest BCUT2D eigenvalue weighted by Crippen LogP contribution is -2.31. The summed E-state index contributed by atoms with van der Waals surface area (Å²) in [6.07, 6.45) is 38.8. The molecule has 0 bridgehead atoms. The van der Waals surface area contributed by atoms with Gasteiger partial charge in [-0.05, 0) is 33.1 Å². The Hall–Kier alpha value is -0.500. The van der Waals surface area contributed by atoms with Crippen molar-refractivity contribution in [3.63, 3.8) is 0 Å². The quantitative estimate of drug-likeness (QED) is 0.0705. The molecule has 0 radical (unpaired) electrons. The molecule has 0 saturated carbocycles. The molecule has 41 heavy (non-hydrogen) atoms. The zero-order valence-corrected chi connectivity index (χ0v) is 29.5. The minimum atomic E-state index is -0.0459. The summed E-state index contributed by atoms with van der Waals surface area (Å²) in [5.41, 5.74) is 1.16. The molecule has 0 saturated heterocycles. The van der Waals surface area contributed by atoms with E-state index < -0.39 is 0 Å². The van der Waals surface area contributed by atoms with Crippen LogP contribution in [0.3, 0.4) is 0 Å². The fraction of sp³-hybridized carbons (Fsp3) is 0.949. The Labute approximate surface area is 261 Å². The molecule has 0 spiro atoms. The van der Waals surface area contributed by atoms with E-state index >= 15 is 0 Å². The van der Waals surface area contributed by atoms with Crippen molar-refractivity contribution in [1.29, 1.82) is 0 Å². The normalized spacial score (nSPS) is 11.8. The van der Waals surface area contributed by atoms with Crippen molar-refractivity contribution in [2.45, 2.75) is 220 Å². The fourth-order valence-electron chi connectivity index (χ4n) is 5.96. The van der Waals surface area contributed by atoms with Crippen molar-refractivity contribution in [2.24, 2.45) is 0 Å². The summed E-state index contributed by atoms with van der Waals surface area (Å²) in [5.74, 6) is 0. The molecule has 0 aromatic carbocycles. The van der Waals surface area contributed by atoms with Crippen LogP contribution in [-0.4, -0.2) is 30.2 Å². The van der Waals surface area contributed by atoms with Crippen molar-refractivity contribution in [3.05, 3.63) is 12.3 Å². The van der Waals surface area contributed by atoms with E-state index in [1.165, 1.54) is 179 Å². The summed E-state index contributed by atoms with van der Waals surface area (Å²) in [7, 11) is 0. The Morgan fingerprint density at radius 2 is 0.756 bits per heavy atom. The Bertz CT molecular complexity index is 500. The highest BCUT2D eigenvalue weighted by Gasteiger charge is 2.19. The van der Waals surface area contributed by atoms with Crippen LogP contribution in [0.25, 0.3) is 0 Å². The Morgan fingerprint density at radius 1 is 0.463 bits per heavy atom. The van der Waals surface area contributed by atoms with E-state index in [0.717, 1.165) is 19.5 Å². The van der Waals surface area contributed by atoms with E-state index in [-0.39, 0.29) is 5.60 Å². The molecule has 0 aliphatic carbocycles. The van der Waals surface area contributed by atoms with Gasteiger partial charge in [-0.3, -0.25) is 0 Å². The van der Waals surface area contributed by atoms with Crippen molar-refractivity contribution in [2.75, 3.05) is 19.7 Å². The molecule has 0 N–H and O–H groups in total. The van der Waals surface area contributed by atoms with Crippen molar-refractivity contribution >= 4 is 0 Å². The molecule has 0 heterocycles. The third-order valence-electron chi connectivity index (χ3n) is 9.02. The van der Waals surface area contributed by atoms with Crippen molar-refractivity contribution in [1.82, 2.24) is 4.90 Å². The first-order chi connectivity index (χ1) is 20.0. The lowest BCUT2D eigenvalue weighted by molar-refractivity contribution is -0.0200. The smallest absolute Gasteiger partial charge is 0.0865 e. The highest BCUT2D eigenvalue weighted by atomic mass is 16.5. The molecule has 0 fully saturated rings. The van der Waals surface area contributed by atoms with Crippen LogP contribution >= 0.6 is 0 Å². The Morgan fingerprint density at radius 3 is 1.10 bits per heavy atom. The van der Waals surface area contributed by atoms with Gasteiger partial charge in [-0.1, -0.05) is 188 Å². The first-order valence-corrected chi connectivity index (χ1v) is 19.0. The Balaban J connectivity index is 4.21. The van der Waals surface area contributed by atoms with E-state index in [2.05, 4.69) is 46.1 Å². The van der Waals surface area contributed by atoms with Crippen LogP contribution in [0.1, 0.15) is 214 Å². The summed E-state index contributed by atoms with van der Waals surface area (Å²) in [5, 5.41) is 0. The second-order valence-corrected chi connectivity index (χ2v) is 13.8. The summed E-state index contributed by atoms with van der Waals surface area (Å²) in [6, 6.07) is 0. The zero-order valence-electron chi connectivity index (χ0n) is 29.5. The third-order valence-corrected chi connectivity index (χ3v) is 9.02. The van der Waals surface area contributed by atoms with E-state index in [0.29, 0.717) is 6.61 Å². The standard InChI is InChI=1S/C39H79NO/c1-7-10-13-15-17-19-21-23-25-27-29-32-35-40(38(4)37-41-39(5,6)34-31-12-9-3)36-33-30-28-26-24-22-20-18-16-14-11-8-2/h4,7-37H2,1-3,5-6H3. The van der Waals surface area contributed by atoms with Gasteiger partial charge >= 0.3 is 0 Å². The molecule has 0 aromatic rings. The number of ether oxygens (including phenoxy) is 1. The molecular formula is C39H79NO. The largest absolute Gasteiger partial charge is 0.373 e. The second kappa shape index (κ2) is 30.9. The van der Waals surface area contributed by atoms with Gasteiger partial charge in [0.05, 0.1) is 12.2 Å². The van der Waals surface area contributed by atoms with Gasteiger partial charge in [-0.2, -0.15) is 0 Å². The summed E-state index contributed by atoms with van der Waals surface area (Å²) >= 11 is 0. The molecular weight excluding hydrogens is 498 g/mol. The maximum atomic E-state index is 6.40. The van der Waals surface area contributed by atoms with E-state index in [1.54, 1.807) is 0 Å². The predicted molar refractivity (Wildman–Crippen MR) is 187 cm³/mol. The molecule has 0 amide bonds. The highest BCUT2D eigenvalue weighted by molar-refractivity contribution is 4.95.